The van der Waals surface area contributed by atoms with Gasteiger partial charge in [-0.15, -0.1) is 0 Å². The Bertz CT molecular complexity index is 850. The van der Waals surface area contributed by atoms with Gasteiger partial charge in [0.15, 0.2) is 5.66 Å². The molecule has 1 saturated heterocycles. The lowest BCUT2D eigenvalue weighted by Gasteiger charge is -2.43. The van der Waals surface area contributed by atoms with Crippen LogP contribution in [0.2, 0.25) is 0 Å². The smallest absolute Gasteiger partial charge is 0.161 e. The van der Waals surface area contributed by atoms with E-state index in [4.69, 9.17) is 9.73 Å². The molecule has 0 saturated carbocycles. The standard InChI is InChI=1S/C25H30N2O/c1-20(2)28-24-14-8-7-11-21(24)19-23-15-16-26-25(23,22-12-5-3-6-13-22)27-17-9-4-10-18-27/h3,5-8,11-16,20H,4,9-10,17-19H2,1-2H3. The minimum atomic E-state index is -0.382. The van der Waals surface area contributed by atoms with Crippen molar-refractivity contribution in [3.05, 3.63) is 77.4 Å². The van der Waals surface area contributed by atoms with E-state index in [0.29, 0.717) is 0 Å². The van der Waals surface area contributed by atoms with Gasteiger partial charge in [0.2, 0.25) is 0 Å². The molecular weight excluding hydrogens is 344 g/mol. The lowest BCUT2D eigenvalue weighted by Crippen LogP contribution is -2.48. The third-order valence-corrected chi connectivity index (χ3v) is 5.69. The van der Waals surface area contributed by atoms with Gasteiger partial charge in [-0.2, -0.15) is 0 Å². The van der Waals surface area contributed by atoms with Crippen molar-refractivity contribution in [3.8, 4) is 5.75 Å². The van der Waals surface area contributed by atoms with Gasteiger partial charge >= 0.3 is 0 Å². The van der Waals surface area contributed by atoms with E-state index in [2.05, 4.69) is 79.4 Å². The zero-order valence-corrected chi connectivity index (χ0v) is 17.0. The summed E-state index contributed by atoms with van der Waals surface area (Å²) >= 11 is 0. The van der Waals surface area contributed by atoms with Crippen LogP contribution in [-0.2, 0) is 12.1 Å². The third kappa shape index (κ3) is 3.64. The van der Waals surface area contributed by atoms with Gasteiger partial charge < -0.3 is 4.74 Å². The second kappa shape index (κ2) is 8.32. The van der Waals surface area contributed by atoms with E-state index >= 15 is 0 Å². The van der Waals surface area contributed by atoms with Crippen LogP contribution in [0.25, 0.3) is 0 Å². The number of benzene rings is 2. The zero-order valence-electron chi connectivity index (χ0n) is 17.0. The number of rotatable bonds is 6. The Morgan fingerprint density at radius 3 is 2.43 bits per heavy atom. The summed E-state index contributed by atoms with van der Waals surface area (Å²) in [5.74, 6) is 0.978. The lowest BCUT2D eigenvalue weighted by molar-refractivity contribution is 0.101. The van der Waals surface area contributed by atoms with Crippen LogP contribution in [-0.4, -0.2) is 30.3 Å². The molecule has 0 N–H and O–H groups in total. The Kier molecular flexibility index (Phi) is 5.63. The maximum atomic E-state index is 6.09. The van der Waals surface area contributed by atoms with Crippen molar-refractivity contribution in [3.63, 3.8) is 0 Å². The molecule has 1 atom stereocenters. The van der Waals surface area contributed by atoms with E-state index in [1.807, 2.05) is 6.21 Å². The van der Waals surface area contributed by atoms with Crippen molar-refractivity contribution in [1.82, 2.24) is 4.90 Å². The summed E-state index contributed by atoms with van der Waals surface area (Å²) in [5.41, 5.74) is 3.44. The fourth-order valence-corrected chi connectivity index (χ4v) is 4.46. The maximum Gasteiger partial charge on any atom is 0.161 e. The molecule has 2 aliphatic rings. The monoisotopic (exact) mass is 374 g/mol. The molecule has 146 valence electrons. The van der Waals surface area contributed by atoms with Crippen molar-refractivity contribution in [1.29, 1.82) is 0 Å². The highest BCUT2D eigenvalue weighted by molar-refractivity contribution is 5.78. The van der Waals surface area contributed by atoms with Crippen LogP contribution in [0.1, 0.15) is 44.2 Å². The first-order chi connectivity index (χ1) is 13.7. The van der Waals surface area contributed by atoms with Crippen LogP contribution < -0.4 is 4.74 Å². The minimum absolute atomic E-state index is 0.163. The van der Waals surface area contributed by atoms with Gasteiger partial charge in [-0.1, -0.05) is 55.0 Å². The summed E-state index contributed by atoms with van der Waals surface area (Å²) in [6.07, 6.45) is 9.02. The van der Waals surface area contributed by atoms with Crippen molar-refractivity contribution in [2.45, 2.75) is 51.3 Å². The van der Waals surface area contributed by atoms with Crippen LogP contribution in [0.15, 0.2) is 71.2 Å². The fraction of sp³-hybridized carbons (Fsp3) is 0.400. The molecule has 2 aliphatic heterocycles. The summed E-state index contributed by atoms with van der Waals surface area (Å²) in [4.78, 5) is 7.67. The Balaban J connectivity index is 1.72. The molecule has 3 heteroatoms. The Morgan fingerprint density at radius 1 is 0.964 bits per heavy atom. The number of allylic oxidation sites excluding steroid dienone is 1. The van der Waals surface area contributed by atoms with Crippen molar-refractivity contribution in [2.75, 3.05) is 13.1 Å². The first-order valence-corrected chi connectivity index (χ1v) is 10.5. The topological polar surface area (TPSA) is 24.8 Å². The molecule has 0 bridgehead atoms. The average Bonchev–Trinajstić information content (AvgIpc) is 3.15. The number of para-hydroxylation sites is 1. The van der Waals surface area contributed by atoms with Crippen molar-refractivity contribution < 1.29 is 4.74 Å². The highest BCUT2D eigenvalue weighted by Crippen LogP contribution is 2.43. The van der Waals surface area contributed by atoms with Crippen LogP contribution in [0.3, 0.4) is 0 Å². The van der Waals surface area contributed by atoms with E-state index < -0.39 is 0 Å². The van der Waals surface area contributed by atoms with E-state index in [1.54, 1.807) is 0 Å². The SMILES string of the molecule is CC(C)Oc1ccccc1CC1=CC=NC1(c1ccccc1)N1CCCCC1. The molecule has 0 radical (unpaired) electrons. The van der Waals surface area contributed by atoms with Crippen molar-refractivity contribution in [2.24, 2.45) is 4.99 Å². The molecule has 0 spiro atoms. The highest BCUT2D eigenvalue weighted by atomic mass is 16.5. The predicted molar refractivity (Wildman–Crippen MR) is 116 cm³/mol. The number of nitrogens with zero attached hydrogens (tertiary/aromatic N) is 2. The van der Waals surface area contributed by atoms with Gasteiger partial charge in [0.1, 0.15) is 5.75 Å². The molecule has 28 heavy (non-hydrogen) atoms. The van der Waals surface area contributed by atoms with Gasteiger partial charge in [0.25, 0.3) is 0 Å². The van der Waals surface area contributed by atoms with E-state index in [-0.39, 0.29) is 11.8 Å². The first kappa shape index (κ1) is 18.9. The molecule has 0 aromatic heterocycles. The lowest BCUT2D eigenvalue weighted by atomic mass is 9.85. The third-order valence-electron chi connectivity index (χ3n) is 5.69. The normalized spacial score (nSPS) is 22.5. The number of piperidine rings is 1. The first-order valence-electron chi connectivity index (χ1n) is 10.5. The summed E-state index contributed by atoms with van der Waals surface area (Å²) in [5, 5.41) is 0. The quantitative estimate of drug-likeness (QED) is 0.679. The van der Waals surface area contributed by atoms with Gasteiger partial charge in [-0.25, -0.2) is 0 Å². The number of aliphatic imine (C=N–C) groups is 1. The largest absolute Gasteiger partial charge is 0.491 e. The second-order valence-corrected chi connectivity index (χ2v) is 8.01. The van der Waals surface area contributed by atoms with Crippen molar-refractivity contribution >= 4 is 6.21 Å². The molecule has 1 fully saturated rings. The number of likely N-dealkylation sites (tertiary alicyclic amines) is 1. The van der Waals surface area contributed by atoms with Crippen LogP contribution in [0.4, 0.5) is 0 Å². The van der Waals surface area contributed by atoms with Gasteiger partial charge in [0.05, 0.1) is 6.10 Å². The van der Waals surface area contributed by atoms with E-state index in [9.17, 15) is 0 Å². The molecule has 1 unspecified atom stereocenters. The molecule has 3 nitrogen and oxygen atoms in total. The predicted octanol–water partition coefficient (Wildman–Crippen LogP) is 5.37. The number of ether oxygens (including phenoxy) is 1. The van der Waals surface area contributed by atoms with Crippen LogP contribution >= 0.6 is 0 Å². The van der Waals surface area contributed by atoms with Gasteiger partial charge in [-0.05, 0) is 55.5 Å². The number of hydrogen-bond acceptors (Lipinski definition) is 3. The van der Waals surface area contributed by atoms with Gasteiger partial charge in [-0.3, -0.25) is 9.89 Å². The Hall–Kier alpha value is -2.39. The molecule has 0 amide bonds. The zero-order chi connectivity index (χ0) is 19.4. The van der Waals surface area contributed by atoms with Crippen LogP contribution in [0, 0.1) is 0 Å². The van der Waals surface area contributed by atoms with Gasteiger partial charge in [0, 0.05) is 25.7 Å². The fourth-order valence-electron chi connectivity index (χ4n) is 4.46. The summed E-state index contributed by atoms with van der Waals surface area (Å²) in [6.45, 7) is 6.34. The minimum Gasteiger partial charge on any atom is -0.491 e. The molecule has 2 heterocycles. The van der Waals surface area contributed by atoms with Crippen LogP contribution in [0.5, 0.6) is 5.75 Å². The molecule has 2 aromatic rings. The maximum absolute atomic E-state index is 6.09. The second-order valence-electron chi connectivity index (χ2n) is 8.01. The summed E-state index contributed by atoms with van der Waals surface area (Å²) < 4.78 is 6.09. The Morgan fingerprint density at radius 2 is 1.68 bits per heavy atom. The number of hydrogen-bond donors (Lipinski definition) is 0. The molecular formula is C25H30N2O. The molecule has 0 aliphatic carbocycles. The molecule has 4 rings (SSSR count). The van der Waals surface area contributed by atoms with E-state index in [1.165, 1.54) is 36.0 Å². The Labute approximate surface area is 168 Å². The molecule has 2 aromatic carbocycles. The summed E-state index contributed by atoms with van der Waals surface area (Å²) in [6, 6.07) is 19.2. The highest BCUT2D eigenvalue weighted by Gasteiger charge is 2.43. The summed E-state index contributed by atoms with van der Waals surface area (Å²) in [7, 11) is 0. The van der Waals surface area contributed by atoms with E-state index in [0.717, 1.165) is 25.3 Å². The average molecular weight is 375 g/mol.